The molecule has 126 valence electrons. The van der Waals surface area contributed by atoms with E-state index < -0.39 is 6.10 Å². The van der Waals surface area contributed by atoms with E-state index in [2.05, 4.69) is 29.4 Å². The number of rotatable bonds is 3. The number of hydrogen-bond acceptors (Lipinski definition) is 2. The lowest BCUT2D eigenvalue weighted by Gasteiger charge is -2.50. The van der Waals surface area contributed by atoms with Crippen LogP contribution in [-0.2, 0) is 4.79 Å². The molecule has 2 aliphatic carbocycles. The zero-order valence-corrected chi connectivity index (χ0v) is 15.6. The first-order chi connectivity index (χ1) is 11.5. The van der Waals surface area contributed by atoms with Crippen LogP contribution >= 0.6 is 15.9 Å². The predicted molar refractivity (Wildman–Crippen MR) is 101 cm³/mol. The highest BCUT2D eigenvalue weighted by atomic mass is 79.9. The number of carbonyl (C=O) groups is 1. The molecule has 2 nitrogen and oxygen atoms in total. The van der Waals surface area contributed by atoms with Crippen molar-refractivity contribution in [2.45, 2.75) is 38.7 Å². The Kier molecular flexibility index (Phi) is 4.93. The van der Waals surface area contributed by atoms with Gasteiger partial charge in [-0.05, 0) is 61.4 Å². The molecule has 24 heavy (non-hydrogen) atoms. The molecule has 1 aromatic carbocycles. The minimum atomic E-state index is -0.424. The van der Waals surface area contributed by atoms with E-state index >= 15 is 0 Å². The maximum absolute atomic E-state index is 12.7. The predicted octanol–water partition coefficient (Wildman–Crippen LogP) is 5.09. The molecule has 0 bridgehead atoms. The third-order valence-corrected chi connectivity index (χ3v) is 6.15. The summed E-state index contributed by atoms with van der Waals surface area (Å²) in [6.07, 6.45) is 8.53. The topological polar surface area (TPSA) is 37.3 Å². The van der Waals surface area contributed by atoms with Crippen LogP contribution in [0.25, 0.3) is 6.08 Å². The number of ketones is 1. The summed E-state index contributed by atoms with van der Waals surface area (Å²) < 4.78 is 1.01. The smallest absolute Gasteiger partial charge is 0.182 e. The molecule has 1 saturated carbocycles. The molecule has 1 fully saturated rings. The maximum Gasteiger partial charge on any atom is 0.182 e. The molecule has 3 heteroatoms. The van der Waals surface area contributed by atoms with Gasteiger partial charge < -0.3 is 5.11 Å². The second-order valence-electron chi connectivity index (χ2n) is 6.85. The molecular formula is C21H23BrO2. The van der Waals surface area contributed by atoms with E-state index in [0.29, 0.717) is 6.42 Å². The first kappa shape index (κ1) is 17.4. The van der Waals surface area contributed by atoms with Crippen molar-refractivity contribution < 1.29 is 9.90 Å². The summed E-state index contributed by atoms with van der Waals surface area (Å²) in [7, 11) is 0. The first-order valence-corrected chi connectivity index (χ1v) is 9.30. The number of fused-ring (bicyclic) bond motifs is 1. The van der Waals surface area contributed by atoms with Crippen molar-refractivity contribution >= 4 is 27.8 Å². The Bertz CT molecular complexity index is 714. The highest BCUT2D eigenvalue weighted by Crippen LogP contribution is 2.54. The van der Waals surface area contributed by atoms with Crippen molar-refractivity contribution in [3.63, 3.8) is 0 Å². The average Bonchev–Trinajstić information content (AvgIpc) is 2.56. The fourth-order valence-corrected chi connectivity index (χ4v) is 4.58. The van der Waals surface area contributed by atoms with Crippen LogP contribution in [0.3, 0.4) is 0 Å². The lowest BCUT2D eigenvalue weighted by atomic mass is 9.55. The lowest BCUT2D eigenvalue weighted by molar-refractivity contribution is -0.113. The zero-order chi connectivity index (χ0) is 17.3. The van der Waals surface area contributed by atoms with Crippen LogP contribution in [0.5, 0.6) is 0 Å². The molecule has 0 aliphatic heterocycles. The molecule has 1 N–H and O–H groups in total. The minimum absolute atomic E-state index is 0.0260. The van der Waals surface area contributed by atoms with Gasteiger partial charge in [-0.15, -0.1) is 6.58 Å². The number of benzene rings is 1. The molecule has 0 spiro atoms. The maximum atomic E-state index is 12.7. The van der Waals surface area contributed by atoms with E-state index in [1.807, 2.05) is 36.4 Å². The third kappa shape index (κ3) is 2.84. The van der Waals surface area contributed by atoms with Gasteiger partial charge in [-0.1, -0.05) is 46.6 Å². The molecule has 1 aromatic rings. The van der Waals surface area contributed by atoms with Crippen molar-refractivity contribution in [1.82, 2.24) is 0 Å². The van der Waals surface area contributed by atoms with E-state index in [-0.39, 0.29) is 17.1 Å². The largest absolute Gasteiger partial charge is 0.392 e. The number of aliphatic hydroxyl groups excluding tert-OH is 1. The van der Waals surface area contributed by atoms with Crippen molar-refractivity contribution in [2.24, 2.45) is 11.3 Å². The fourth-order valence-electron chi connectivity index (χ4n) is 4.31. The van der Waals surface area contributed by atoms with Crippen molar-refractivity contribution in [2.75, 3.05) is 0 Å². The molecule has 0 aromatic heterocycles. The summed E-state index contributed by atoms with van der Waals surface area (Å²) in [6.45, 7) is 5.98. The lowest BCUT2D eigenvalue weighted by Crippen LogP contribution is -2.48. The Morgan fingerprint density at radius 3 is 2.75 bits per heavy atom. The molecule has 0 radical (unpaired) electrons. The number of allylic oxidation sites excluding steroid dienone is 3. The Morgan fingerprint density at radius 1 is 1.38 bits per heavy atom. The normalized spacial score (nSPS) is 31.5. The SMILES string of the molecule is C=CC[C@@]12C(=CC(=O)/C(=C/c3ccc(Br)cc3)[C@@H]1C)CCC[C@@H]2O. The van der Waals surface area contributed by atoms with Gasteiger partial charge in [0.2, 0.25) is 0 Å². The van der Waals surface area contributed by atoms with Gasteiger partial charge in [-0.25, -0.2) is 0 Å². The quantitative estimate of drug-likeness (QED) is 0.580. The molecule has 0 saturated heterocycles. The fraction of sp³-hybridized carbons (Fsp3) is 0.381. The Labute approximate surface area is 152 Å². The van der Waals surface area contributed by atoms with Gasteiger partial charge in [0.1, 0.15) is 0 Å². The highest BCUT2D eigenvalue weighted by Gasteiger charge is 2.50. The van der Waals surface area contributed by atoms with Gasteiger partial charge in [-0.2, -0.15) is 0 Å². The third-order valence-electron chi connectivity index (χ3n) is 5.62. The Morgan fingerprint density at radius 2 is 2.08 bits per heavy atom. The van der Waals surface area contributed by atoms with Crippen molar-refractivity contribution in [3.05, 3.63) is 64.2 Å². The van der Waals surface area contributed by atoms with Gasteiger partial charge in [-0.3, -0.25) is 4.79 Å². The average molecular weight is 387 g/mol. The summed E-state index contributed by atoms with van der Waals surface area (Å²) in [6, 6.07) is 7.93. The zero-order valence-electron chi connectivity index (χ0n) is 14.0. The van der Waals surface area contributed by atoms with Crippen molar-refractivity contribution in [3.8, 4) is 0 Å². The standard InChI is InChI=1S/C21H23BrO2/c1-3-11-21-14(2)18(12-15-7-9-17(22)10-8-15)19(23)13-16(21)5-4-6-20(21)24/h3,7-10,12-14,20,24H,1,4-6,11H2,2H3/b18-12+/t14-,20-,21-/m0/s1. The number of carbonyl (C=O) groups excluding carboxylic acids is 1. The van der Waals surface area contributed by atoms with Gasteiger partial charge in [0, 0.05) is 15.5 Å². The summed E-state index contributed by atoms with van der Waals surface area (Å²) in [5, 5.41) is 10.8. The van der Waals surface area contributed by atoms with E-state index in [4.69, 9.17) is 0 Å². The van der Waals surface area contributed by atoms with E-state index in [1.165, 1.54) is 0 Å². The Hall–Kier alpha value is -1.45. The van der Waals surface area contributed by atoms with Crippen LogP contribution in [0, 0.1) is 11.3 Å². The molecule has 3 rings (SSSR count). The van der Waals surface area contributed by atoms with Crippen LogP contribution in [0.1, 0.15) is 38.2 Å². The molecule has 0 heterocycles. The van der Waals surface area contributed by atoms with Crippen LogP contribution in [0.2, 0.25) is 0 Å². The molecule has 0 unspecified atom stereocenters. The summed E-state index contributed by atoms with van der Waals surface area (Å²) in [5.41, 5.74) is 2.51. The summed E-state index contributed by atoms with van der Waals surface area (Å²) >= 11 is 3.44. The second-order valence-corrected chi connectivity index (χ2v) is 7.76. The van der Waals surface area contributed by atoms with E-state index in [1.54, 1.807) is 6.08 Å². The number of halogens is 1. The van der Waals surface area contributed by atoms with E-state index in [0.717, 1.165) is 40.4 Å². The molecular weight excluding hydrogens is 364 g/mol. The molecule has 3 atom stereocenters. The van der Waals surface area contributed by atoms with Crippen LogP contribution in [0.15, 0.2) is 58.6 Å². The van der Waals surface area contributed by atoms with Gasteiger partial charge >= 0.3 is 0 Å². The highest BCUT2D eigenvalue weighted by molar-refractivity contribution is 9.10. The van der Waals surface area contributed by atoms with Crippen LogP contribution < -0.4 is 0 Å². The Balaban J connectivity index is 2.09. The minimum Gasteiger partial charge on any atom is -0.392 e. The van der Waals surface area contributed by atoms with Gasteiger partial charge in [0.25, 0.3) is 0 Å². The van der Waals surface area contributed by atoms with Crippen LogP contribution in [-0.4, -0.2) is 17.0 Å². The number of hydrogen-bond donors (Lipinski definition) is 1. The number of aliphatic hydroxyl groups is 1. The molecule has 2 aliphatic rings. The monoisotopic (exact) mass is 386 g/mol. The van der Waals surface area contributed by atoms with Gasteiger partial charge in [0.05, 0.1) is 6.10 Å². The van der Waals surface area contributed by atoms with Crippen molar-refractivity contribution in [1.29, 1.82) is 0 Å². The van der Waals surface area contributed by atoms with Gasteiger partial charge in [0.15, 0.2) is 5.78 Å². The first-order valence-electron chi connectivity index (χ1n) is 8.50. The second kappa shape index (κ2) is 6.81. The summed E-state index contributed by atoms with van der Waals surface area (Å²) in [5.74, 6) is 0.0520. The van der Waals surface area contributed by atoms with Crippen LogP contribution in [0.4, 0.5) is 0 Å². The van der Waals surface area contributed by atoms with E-state index in [9.17, 15) is 9.90 Å². The summed E-state index contributed by atoms with van der Waals surface area (Å²) in [4.78, 5) is 12.7. The molecule has 0 amide bonds.